The van der Waals surface area contributed by atoms with Gasteiger partial charge < -0.3 is 15.6 Å². The van der Waals surface area contributed by atoms with E-state index in [0.29, 0.717) is 9.59 Å². The van der Waals surface area contributed by atoms with Gasteiger partial charge in [0.2, 0.25) is 11.5 Å². The molecule has 0 amide bonds. The minimum Gasteiger partial charge on any atom is -0.393 e. The molecule has 7 nitrogen and oxygen atoms in total. The molecule has 2 atom stereocenters. The van der Waals surface area contributed by atoms with E-state index in [1.54, 1.807) is 0 Å². The summed E-state index contributed by atoms with van der Waals surface area (Å²) in [6.07, 6.45) is 2.60. The van der Waals surface area contributed by atoms with Gasteiger partial charge in [0.05, 0.1) is 12.8 Å². The summed E-state index contributed by atoms with van der Waals surface area (Å²) in [7, 11) is 0. The van der Waals surface area contributed by atoms with Gasteiger partial charge in [-0.3, -0.25) is 9.36 Å². The largest absolute Gasteiger partial charge is 0.393 e. The van der Waals surface area contributed by atoms with Gasteiger partial charge in [0, 0.05) is 10.6 Å². The molecule has 0 fully saturated rings. The van der Waals surface area contributed by atoms with Crippen molar-refractivity contribution in [1.82, 2.24) is 9.55 Å². The van der Waals surface area contributed by atoms with Crippen LogP contribution in [0.4, 0.5) is 10.2 Å². The minimum absolute atomic E-state index is 0.178. The number of rotatable bonds is 4. The van der Waals surface area contributed by atoms with Gasteiger partial charge in [-0.2, -0.15) is 4.98 Å². The molecule has 0 saturated carbocycles. The normalized spacial score (nSPS) is 22.3. The lowest BCUT2D eigenvalue weighted by Gasteiger charge is -2.29. The minimum atomic E-state index is -1.99. The summed E-state index contributed by atoms with van der Waals surface area (Å²) >= 11 is 5.82. The van der Waals surface area contributed by atoms with Gasteiger partial charge >= 0.3 is 5.69 Å². The van der Waals surface area contributed by atoms with Crippen molar-refractivity contribution in [3.63, 3.8) is 0 Å². The average molecular weight is 366 g/mol. The van der Waals surface area contributed by atoms with Crippen molar-refractivity contribution in [1.29, 1.82) is 0 Å². The molecular formula is C16H13ClFN3O4. The van der Waals surface area contributed by atoms with Gasteiger partial charge in [-0.05, 0) is 30.3 Å². The molecule has 3 N–H and O–H groups in total. The number of nitrogens with zero attached hydrogens (tertiary/aromatic N) is 2. The van der Waals surface area contributed by atoms with E-state index in [9.17, 15) is 19.1 Å². The number of ether oxygens (including phenoxy) is 1. The quantitative estimate of drug-likeness (QED) is 0.620. The van der Waals surface area contributed by atoms with Crippen molar-refractivity contribution in [3.05, 3.63) is 69.5 Å². The Morgan fingerprint density at radius 1 is 1.44 bits per heavy atom. The zero-order chi connectivity index (χ0) is 18.2. The number of nitrogen functional groups attached to an aromatic ring is 1. The molecule has 1 aliphatic rings. The lowest BCUT2D eigenvalue weighted by Crippen LogP contribution is -2.48. The first-order chi connectivity index (χ1) is 11.9. The van der Waals surface area contributed by atoms with Crippen molar-refractivity contribution >= 4 is 23.2 Å². The zero-order valence-electron chi connectivity index (χ0n) is 12.7. The third-order valence-electron chi connectivity index (χ3n) is 3.75. The molecule has 0 unspecified atom stereocenters. The van der Waals surface area contributed by atoms with Crippen LogP contribution in [0.1, 0.15) is 10.4 Å². The van der Waals surface area contributed by atoms with Gasteiger partial charge in [0.1, 0.15) is 6.10 Å². The van der Waals surface area contributed by atoms with Crippen LogP contribution in [-0.2, 0) is 10.5 Å². The summed E-state index contributed by atoms with van der Waals surface area (Å²) in [5, 5.41) is 9.72. The van der Waals surface area contributed by atoms with E-state index in [4.69, 9.17) is 22.1 Å². The van der Waals surface area contributed by atoms with Crippen LogP contribution < -0.4 is 11.4 Å². The van der Waals surface area contributed by atoms with Gasteiger partial charge in [-0.15, -0.1) is 0 Å². The fraction of sp³-hybridized carbons (Fsp3) is 0.188. The molecule has 0 radical (unpaired) electrons. The van der Waals surface area contributed by atoms with Crippen LogP contribution in [0.2, 0.25) is 5.02 Å². The molecule has 2 aromatic rings. The summed E-state index contributed by atoms with van der Waals surface area (Å²) < 4.78 is 20.2. The maximum atomic E-state index is 13.9. The molecule has 9 heteroatoms. The summed E-state index contributed by atoms with van der Waals surface area (Å²) in [5.74, 6) is -2.22. The number of carbonyl (C=O) groups excluding carboxylic acids is 1. The number of ketones is 1. The highest BCUT2D eigenvalue weighted by atomic mass is 35.5. The SMILES string of the molecule is Nc1nc(=O)n([C@@]2(C(=O)c3ccc(Cl)cc3)C=C[C@@H](CO)O2)cc1F. The summed E-state index contributed by atoms with van der Waals surface area (Å²) in [4.78, 5) is 28.6. The smallest absolute Gasteiger partial charge is 0.352 e. The maximum absolute atomic E-state index is 13.9. The van der Waals surface area contributed by atoms with Crippen molar-refractivity contribution in [2.75, 3.05) is 12.3 Å². The number of carbonyl (C=O) groups is 1. The number of aromatic nitrogens is 2. The topological polar surface area (TPSA) is 107 Å². The van der Waals surface area contributed by atoms with E-state index < -0.39 is 41.5 Å². The molecule has 130 valence electrons. The first kappa shape index (κ1) is 17.3. The highest BCUT2D eigenvalue weighted by Crippen LogP contribution is 2.32. The lowest BCUT2D eigenvalue weighted by molar-refractivity contribution is -0.0708. The Hall–Kier alpha value is -2.55. The number of hydrogen-bond donors (Lipinski definition) is 2. The Kier molecular flexibility index (Phi) is 4.42. The van der Waals surface area contributed by atoms with Gasteiger partial charge in [-0.1, -0.05) is 17.7 Å². The number of hydrogen-bond acceptors (Lipinski definition) is 6. The Bertz CT molecular complexity index is 913. The number of halogens is 2. The molecule has 0 spiro atoms. The van der Waals surface area contributed by atoms with E-state index >= 15 is 0 Å². The van der Waals surface area contributed by atoms with E-state index in [-0.39, 0.29) is 5.56 Å². The van der Waals surface area contributed by atoms with Crippen LogP contribution in [0.25, 0.3) is 0 Å². The fourth-order valence-electron chi connectivity index (χ4n) is 2.51. The molecule has 0 bridgehead atoms. The third kappa shape index (κ3) is 2.95. The third-order valence-corrected chi connectivity index (χ3v) is 4.00. The van der Waals surface area contributed by atoms with Gasteiger partial charge in [-0.25, -0.2) is 9.18 Å². The molecule has 25 heavy (non-hydrogen) atoms. The van der Waals surface area contributed by atoms with Crippen LogP contribution in [-0.4, -0.2) is 33.2 Å². The van der Waals surface area contributed by atoms with Crippen LogP contribution in [0.3, 0.4) is 0 Å². The van der Waals surface area contributed by atoms with E-state index in [0.717, 1.165) is 6.20 Å². The number of anilines is 1. The maximum Gasteiger partial charge on any atom is 0.352 e. The second-order valence-electron chi connectivity index (χ2n) is 5.36. The monoisotopic (exact) mass is 365 g/mol. The highest BCUT2D eigenvalue weighted by Gasteiger charge is 2.46. The lowest BCUT2D eigenvalue weighted by atomic mass is 10.0. The number of Topliss-reactive ketones (excluding diaryl/α,β-unsaturated/α-hetero) is 1. The fourth-order valence-corrected chi connectivity index (χ4v) is 2.64. The molecule has 3 rings (SSSR count). The second-order valence-corrected chi connectivity index (χ2v) is 5.79. The number of benzene rings is 1. The molecule has 1 aromatic heterocycles. The van der Waals surface area contributed by atoms with Crippen molar-refractivity contribution in [2.24, 2.45) is 0 Å². The number of aliphatic hydroxyl groups excluding tert-OH is 1. The van der Waals surface area contributed by atoms with Crippen LogP contribution in [0.5, 0.6) is 0 Å². The van der Waals surface area contributed by atoms with Gasteiger partial charge in [0.25, 0.3) is 0 Å². The van der Waals surface area contributed by atoms with E-state index in [1.807, 2.05) is 0 Å². The Balaban J connectivity index is 2.17. The highest BCUT2D eigenvalue weighted by molar-refractivity contribution is 6.30. The Labute approximate surface area is 146 Å². The van der Waals surface area contributed by atoms with Crippen molar-refractivity contribution < 1.29 is 19.0 Å². The van der Waals surface area contributed by atoms with Crippen molar-refractivity contribution in [2.45, 2.75) is 11.8 Å². The molecule has 0 aliphatic carbocycles. The first-order valence-electron chi connectivity index (χ1n) is 7.21. The molecule has 2 heterocycles. The molecular weight excluding hydrogens is 353 g/mol. The standard InChI is InChI=1S/C16H13ClFN3O4/c17-10-3-1-9(2-4-10)13(23)16(6-5-11(8-22)25-16)21-7-12(18)14(19)20-15(21)24/h1-7,11,22H,8H2,(H2,19,20,24)/t11-,16-/m0/s1. The van der Waals surface area contributed by atoms with E-state index in [1.165, 1.54) is 36.4 Å². The van der Waals surface area contributed by atoms with Gasteiger partial charge in [0.15, 0.2) is 11.6 Å². The predicted octanol–water partition coefficient (Wildman–Crippen LogP) is 1.10. The average Bonchev–Trinajstić information content (AvgIpc) is 3.03. The zero-order valence-corrected chi connectivity index (χ0v) is 13.5. The summed E-state index contributed by atoms with van der Waals surface area (Å²) in [5.41, 5.74) is 2.51. The number of aliphatic hydroxyl groups is 1. The van der Waals surface area contributed by atoms with E-state index in [2.05, 4.69) is 4.98 Å². The number of nitrogens with two attached hydrogens (primary N) is 1. The summed E-state index contributed by atoms with van der Waals surface area (Å²) in [6, 6.07) is 5.88. The first-order valence-corrected chi connectivity index (χ1v) is 7.59. The van der Waals surface area contributed by atoms with Crippen LogP contribution in [0, 0.1) is 5.82 Å². The molecule has 1 aromatic carbocycles. The van der Waals surface area contributed by atoms with Crippen LogP contribution in [0.15, 0.2) is 47.4 Å². The molecule has 0 saturated heterocycles. The summed E-state index contributed by atoms with van der Waals surface area (Å²) in [6.45, 7) is -0.425. The Morgan fingerprint density at radius 3 is 2.72 bits per heavy atom. The second kappa shape index (κ2) is 6.40. The molecule has 1 aliphatic heterocycles. The Morgan fingerprint density at radius 2 is 2.12 bits per heavy atom. The predicted molar refractivity (Wildman–Crippen MR) is 87.7 cm³/mol. The van der Waals surface area contributed by atoms with Crippen molar-refractivity contribution in [3.8, 4) is 0 Å². The van der Waals surface area contributed by atoms with Crippen LogP contribution >= 0.6 is 11.6 Å².